The van der Waals surface area contributed by atoms with Gasteiger partial charge in [0.2, 0.25) is 0 Å². The normalized spacial score (nSPS) is 55.4. The minimum atomic E-state index is -2.14. The van der Waals surface area contributed by atoms with E-state index in [0.29, 0.717) is 43.4 Å². The maximum atomic E-state index is 12.2. The van der Waals surface area contributed by atoms with Gasteiger partial charge in [0.05, 0.1) is 58.5 Å². The van der Waals surface area contributed by atoms with Crippen molar-refractivity contribution < 1.29 is 159 Å². The molecule has 4 saturated carbocycles. The second-order valence-corrected chi connectivity index (χ2v) is 29.0. The zero-order valence-electron chi connectivity index (χ0n) is 52.7. The highest BCUT2D eigenvalue weighted by molar-refractivity contribution is 5.15. The van der Waals surface area contributed by atoms with E-state index in [9.17, 15) is 97.0 Å². The quantitative estimate of drug-likeness (QED) is 0.0504. The summed E-state index contributed by atoms with van der Waals surface area (Å²) < 4.78 is 77.8. The standard InChI is InChI=1S/C61H102O32/c1-22(19-81-53-46(77)42(73)39(70)32(15-62)85-53)7-12-61(80)23(2)36-31(93-61)14-28-26-6-5-24-13-25(8-10-59(24,3)27(26)9-11-60(28,36)4)84-56-47(78)43(74)49(35(18-65)88-56)89-58-52(51(41(72)34(17-64)87-58)91-55-45(76)38(69)30(67)21-83-55)92-57-48(79)50(40(71)33(16-63)86-57)90-54-44(75)37(68)29(66)20-82-54/h22-58,62-80H,5-21H2,1-4H3/t22-,23+,24+,25+,26-,27+,28+,29-,30-,31+,32-,33-,34-,35-,36+,37+,38+,39-,40-,41-,42+,43-,44-,45-,46-,47-,48-,49+,50+,51+,52-,53-,54+,55+,56-,57+,58+,59+,60+,61-/m1/s1. The Bertz CT molecular complexity index is 2410. The molecule has 93 heavy (non-hydrogen) atoms. The summed E-state index contributed by atoms with van der Waals surface area (Å²) in [6.07, 6.45) is -41.9. The molecule has 32 nitrogen and oxygen atoms in total. The van der Waals surface area contributed by atoms with E-state index in [0.717, 1.165) is 38.5 Å². The van der Waals surface area contributed by atoms with Crippen LogP contribution in [-0.4, -0.2) is 333 Å². The lowest BCUT2D eigenvalue weighted by Gasteiger charge is -2.61. The van der Waals surface area contributed by atoms with Gasteiger partial charge in [0.1, 0.15) is 134 Å². The first kappa shape index (κ1) is 73.0. The fraction of sp³-hybridized carbons (Fsp3) is 1.00. The van der Waals surface area contributed by atoms with E-state index in [1.54, 1.807) is 0 Å². The molecule has 0 unspecified atom stereocenters. The zero-order valence-corrected chi connectivity index (χ0v) is 52.7. The van der Waals surface area contributed by atoms with Gasteiger partial charge in [-0.15, -0.1) is 0 Å². The lowest BCUT2D eigenvalue weighted by atomic mass is 9.44. The van der Waals surface area contributed by atoms with E-state index in [2.05, 4.69) is 20.8 Å². The summed E-state index contributed by atoms with van der Waals surface area (Å²) in [6.45, 7) is 4.46. The third kappa shape index (κ3) is 13.8. The average molecular weight is 1350 g/mol. The minimum absolute atomic E-state index is 0.0603. The largest absolute Gasteiger partial charge is 0.394 e. The highest BCUT2D eigenvalue weighted by Gasteiger charge is 2.69. The molecular weight excluding hydrogens is 1240 g/mol. The molecule has 0 radical (unpaired) electrons. The molecule has 11 rings (SSSR count). The van der Waals surface area contributed by atoms with E-state index in [-0.39, 0.29) is 47.2 Å². The van der Waals surface area contributed by atoms with Crippen LogP contribution in [0.5, 0.6) is 0 Å². The summed E-state index contributed by atoms with van der Waals surface area (Å²) in [5.41, 5.74) is -0.139. The lowest BCUT2D eigenvalue weighted by Crippen LogP contribution is -2.69. The lowest BCUT2D eigenvalue weighted by molar-refractivity contribution is -0.408. The van der Waals surface area contributed by atoms with E-state index in [1.807, 2.05) is 6.92 Å². The number of rotatable bonds is 20. The fourth-order valence-corrected chi connectivity index (χ4v) is 18.0. The molecule has 0 amide bonds. The van der Waals surface area contributed by atoms with Crippen LogP contribution >= 0.6 is 0 Å². The van der Waals surface area contributed by atoms with Gasteiger partial charge in [-0.2, -0.15) is 0 Å². The smallest absolute Gasteiger partial charge is 0.187 e. The van der Waals surface area contributed by atoms with Gasteiger partial charge in [0.15, 0.2) is 43.5 Å². The van der Waals surface area contributed by atoms with Crippen molar-refractivity contribution in [1.82, 2.24) is 0 Å². The maximum Gasteiger partial charge on any atom is 0.187 e. The van der Waals surface area contributed by atoms with Crippen molar-refractivity contribution in [3.63, 3.8) is 0 Å². The van der Waals surface area contributed by atoms with Crippen LogP contribution in [0.1, 0.15) is 91.9 Å². The molecule has 7 heterocycles. The van der Waals surface area contributed by atoms with Gasteiger partial charge in [-0.05, 0) is 104 Å². The molecule has 11 aliphatic rings. The molecule has 19 N–H and O–H groups in total. The molecule has 0 bridgehead atoms. The number of aliphatic hydroxyl groups is 19. The monoisotopic (exact) mass is 1350 g/mol. The predicted octanol–water partition coefficient (Wildman–Crippen LogP) is -7.03. The third-order valence-electron chi connectivity index (χ3n) is 23.5. The second kappa shape index (κ2) is 29.4. The number of aliphatic hydroxyl groups excluding tert-OH is 18. The molecule has 0 aromatic carbocycles. The van der Waals surface area contributed by atoms with Gasteiger partial charge in [-0.3, -0.25) is 0 Å². The summed E-state index contributed by atoms with van der Waals surface area (Å²) in [7, 11) is 0. The average Bonchev–Trinajstić information content (AvgIpc) is 1.57. The summed E-state index contributed by atoms with van der Waals surface area (Å²) in [5, 5.41) is 206. The topological polar surface area (TPSA) is 504 Å². The van der Waals surface area contributed by atoms with Crippen molar-refractivity contribution in [3.05, 3.63) is 0 Å². The van der Waals surface area contributed by atoms with E-state index >= 15 is 0 Å². The van der Waals surface area contributed by atoms with E-state index in [1.165, 1.54) is 0 Å². The highest BCUT2D eigenvalue weighted by atomic mass is 16.8. The van der Waals surface area contributed by atoms with Crippen LogP contribution in [-0.2, 0) is 61.6 Å². The molecule has 11 fully saturated rings. The van der Waals surface area contributed by atoms with Crippen molar-refractivity contribution >= 4 is 0 Å². The molecule has 40 atom stereocenters. The SMILES string of the molecule is C[C@H](CC[C@@]1(O)O[C@H]2C[C@H]3[C@@H]4CC[C@H]5C[C@@H](O[C@@H]6O[C@H](CO)[C@H](O[C@@H]7O[C@H](CO)[C@@H](O)[C@H](O[C@@H]8OC[C@@H](O)[C@H](O)[C@H]8O)[C@H]7O[C@@H]7O[C@H](CO)[C@@H](O)[C@H](O[C@@H]8OC[C@@H](O)[C@H](O)[C@H]8O)[C@H]7O)[C@H](O)[C@H]6O)CC[C@]5(C)[C@H]4CC[C@]3(C)[C@H]2[C@@H]1C)CO[C@@H]1O[C@H](CO)[C@@H](O)[C@H](O)[C@H]1O. The van der Waals surface area contributed by atoms with Crippen LogP contribution < -0.4 is 0 Å². The first-order chi connectivity index (χ1) is 44.1. The van der Waals surface area contributed by atoms with Gasteiger partial charge < -0.3 is 159 Å². The fourth-order valence-electron chi connectivity index (χ4n) is 18.0. The van der Waals surface area contributed by atoms with Gasteiger partial charge >= 0.3 is 0 Å². The van der Waals surface area contributed by atoms with E-state index < -0.39 is 224 Å². The molecule has 0 aromatic rings. The van der Waals surface area contributed by atoms with Crippen LogP contribution in [0, 0.1) is 52.3 Å². The molecule has 4 aliphatic carbocycles. The Balaban J connectivity index is 0.730. The Labute approximate surface area is 537 Å². The summed E-state index contributed by atoms with van der Waals surface area (Å²) in [6, 6.07) is 0. The van der Waals surface area contributed by atoms with Crippen LogP contribution in [0.4, 0.5) is 0 Å². The van der Waals surface area contributed by atoms with Crippen molar-refractivity contribution in [1.29, 1.82) is 0 Å². The molecule has 32 heteroatoms. The Morgan fingerprint density at radius 2 is 0.978 bits per heavy atom. The Morgan fingerprint density at radius 3 is 1.61 bits per heavy atom. The van der Waals surface area contributed by atoms with Gasteiger partial charge in [-0.25, -0.2) is 0 Å². The maximum absolute atomic E-state index is 12.2. The van der Waals surface area contributed by atoms with Crippen LogP contribution in [0.3, 0.4) is 0 Å². The minimum Gasteiger partial charge on any atom is -0.394 e. The second-order valence-electron chi connectivity index (χ2n) is 29.0. The molecule has 538 valence electrons. The van der Waals surface area contributed by atoms with E-state index in [4.69, 9.17) is 61.6 Å². The third-order valence-corrected chi connectivity index (χ3v) is 23.5. The van der Waals surface area contributed by atoms with Crippen molar-refractivity contribution in [3.8, 4) is 0 Å². The number of ether oxygens (including phenoxy) is 13. The Kier molecular flexibility index (Phi) is 23.0. The zero-order chi connectivity index (χ0) is 67.1. The first-order valence-corrected chi connectivity index (χ1v) is 33.2. The van der Waals surface area contributed by atoms with Crippen molar-refractivity contribution in [2.24, 2.45) is 52.3 Å². The molecule has 7 aliphatic heterocycles. The number of hydrogen-bond acceptors (Lipinski definition) is 32. The molecule has 0 aromatic heterocycles. The number of hydrogen-bond donors (Lipinski definition) is 19. The summed E-state index contributed by atoms with van der Waals surface area (Å²) in [4.78, 5) is 0. The highest BCUT2D eigenvalue weighted by Crippen LogP contribution is 2.71. The van der Waals surface area contributed by atoms with Crippen LogP contribution in [0.25, 0.3) is 0 Å². The van der Waals surface area contributed by atoms with Gasteiger partial charge in [0.25, 0.3) is 0 Å². The van der Waals surface area contributed by atoms with Crippen LogP contribution in [0.15, 0.2) is 0 Å². The first-order valence-electron chi connectivity index (χ1n) is 33.2. The van der Waals surface area contributed by atoms with Crippen LogP contribution in [0.2, 0.25) is 0 Å². The Morgan fingerprint density at radius 1 is 0.462 bits per heavy atom. The van der Waals surface area contributed by atoms with Gasteiger partial charge in [-0.1, -0.05) is 27.7 Å². The molecule has 7 saturated heterocycles. The predicted molar refractivity (Wildman–Crippen MR) is 305 cm³/mol. The van der Waals surface area contributed by atoms with Gasteiger partial charge in [0, 0.05) is 12.3 Å². The molecule has 0 spiro atoms. The summed E-state index contributed by atoms with van der Waals surface area (Å²) >= 11 is 0. The molecular formula is C61H102O32. The number of fused-ring (bicyclic) bond motifs is 7. The van der Waals surface area contributed by atoms with Crippen molar-refractivity contribution in [2.75, 3.05) is 46.2 Å². The summed E-state index contributed by atoms with van der Waals surface area (Å²) in [5.74, 6) is -0.0870. The van der Waals surface area contributed by atoms with Crippen molar-refractivity contribution in [2.45, 2.75) is 282 Å². The Hall–Kier alpha value is -1.28.